The number of benzene rings is 1. The lowest BCUT2D eigenvalue weighted by molar-refractivity contribution is 0.0209. The van der Waals surface area contributed by atoms with Crippen molar-refractivity contribution >= 4 is 21.9 Å². The summed E-state index contributed by atoms with van der Waals surface area (Å²) in [6, 6.07) is 4.92. The van der Waals surface area contributed by atoms with E-state index >= 15 is 0 Å². The van der Waals surface area contributed by atoms with E-state index in [0.29, 0.717) is 10.2 Å². The predicted molar refractivity (Wildman–Crippen MR) is 74.8 cm³/mol. The minimum Gasteiger partial charge on any atom is -0.490 e. The van der Waals surface area contributed by atoms with Crippen molar-refractivity contribution in [3.05, 3.63) is 28.2 Å². The summed E-state index contributed by atoms with van der Waals surface area (Å²) in [5.41, 5.74) is 0.225. The first kappa shape index (κ1) is 14.3. The molecule has 1 aromatic carbocycles. The van der Waals surface area contributed by atoms with Crippen molar-refractivity contribution in [1.82, 2.24) is 0 Å². The average molecular weight is 329 g/mol. The van der Waals surface area contributed by atoms with E-state index in [4.69, 9.17) is 14.6 Å². The first-order valence-corrected chi connectivity index (χ1v) is 7.11. The van der Waals surface area contributed by atoms with Gasteiger partial charge in [0.05, 0.1) is 11.7 Å². The molecule has 2 atom stereocenters. The maximum absolute atomic E-state index is 11.0. The Balaban J connectivity index is 2.08. The fourth-order valence-corrected chi connectivity index (χ4v) is 2.84. The number of hydrogen-bond donors (Lipinski definition) is 1. The second kappa shape index (κ2) is 6.39. The number of methoxy groups -OCH3 is 1. The van der Waals surface area contributed by atoms with Crippen LogP contribution in [-0.2, 0) is 4.74 Å². The Bertz CT molecular complexity index is 461. The van der Waals surface area contributed by atoms with Crippen LogP contribution in [0.3, 0.4) is 0 Å². The molecule has 2 rings (SSSR count). The van der Waals surface area contributed by atoms with E-state index in [2.05, 4.69) is 15.9 Å². The van der Waals surface area contributed by atoms with Gasteiger partial charge in [-0.3, -0.25) is 0 Å². The van der Waals surface area contributed by atoms with Gasteiger partial charge in [0, 0.05) is 18.0 Å². The van der Waals surface area contributed by atoms with Gasteiger partial charge in [-0.05, 0) is 37.5 Å². The van der Waals surface area contributed by atoms with Crippen LogP contribution in [0, 0.1) is 0 Å². The number of halogens is 1. The number of rotatable bonds is 4. The molecule has 1 fully saturated rings. The molecule has 0 aliphatic heterocycles. The SMILES string of the molecule is COC1CCCC(Oc2cc(Br)cc(C(=O)O)c2)C1. The fourth-order valence-electron chi connectivity index (χ4n) is 2.37. The molecular formula is C14H17BrO4. The Morgan fingerprint density at radius 2 is 2.05 bits per heavy atom. The average Bonchev–Trinajstić information content (AvgIpc) is 2.38. The molecule has 0 aromatic heterocycles. The highest BCUT2D eigenvalue weighted by Gasteiger charge is 2.23. The van der Waals surface area contributed by atoms with Crippen LogP contribution in [-0.4, -0.2) is 30.4 Å². The Labute approximate surface area is 120 Å². The Kier molecular flexibility index (Phi) is 4.82. The van der Waals surface area contributed by atoms with Gasteiger partial charge in [-0.25, -0.2) is 4.79 Å². The van der Waals surface area contributed by atoms with Crippen molar-refractivity contribution < 1.29 is 19.4 Å². The van der Waals surface area contributed by atoms with Crippen molar-refractivity contribution in [2.45, 2.75) is 37.9 Å². The largest absolute Gasteiger partial charge is 0.490 e. The van der Waals surface area contributed by atoms with E-state index < -0.39 is 5.97 Å². The Hall–Kier alpha value is -1.07. The lowest BCUT2D eigenvalue weighted by atomic mass is 9.95. The first-order chi connectivity index (χ1) is 9.08. The highest BCUT2D eigenvalue weighted by molar-refractivity contribution is 9.10. The molecule has 1 saturated carbocycles. The van der Waals surface area contributed by atoms with Gasteiger partial charge in [0.1, 0.15) is 11.9 Å². The van der Waals surface area contributed by atoms with Crippen LogP contribution in [0.5, 0.6) is 5.75 Å². The van der Waals surface area contributed by atoms with Gasteiger partial charge in [-0.1, -0.05) is 15.9 Å². The Morgan fingerprint density at radius 1 is 1.32 bits per heavy atom. The van der Waals surface area contributed by atoms with E-state index in [9.17, 15) is 4.79 Å². The normalized spacial score (nSPS) is 23.1. The van der Waals surface area contributed by atoms with Crippen molar-refractivity contribution in [2.75, 3.05) is 7.11 Å². The van der Waals surface area contributed by atoms with Gasteiger partial charge < -0.3 is 14.6 Å². The number of carboxylic acids is 1. The van der Waals surface area contributed by atoms with Gasteiger partial charge in [0.2, 0.25) is 0 Å². The zero-order valence-electron chi connectivity index (χ0n) is 10.8. The second-order valence-electron chi connectivity index (χ2n) is 4.74. The molecule has 0 saturated heterocycles. The summed E-state index contributed by atoms with van der Waals surface area (Å²) < 4.78 is 12.0. The predicted octanol–water partition coefficient (Wildman–Crippen LogP) is 3.48. The van der Waals surface area contributed by atoms with Gasteiger partial charge >= 0.3 is 5.97 Å². The zero-order valence-corrected chi connectivity index (χ0v) is 12.4. The molecule has 1 aliphatic carbocycles. The molecule has 4 nitrogen and oxygen atoms in total. The molecule has 1 N–H and O–H groups in total. The summed E-state index contributed by atoms with van der Waals surface area (Å²) >= 11 is 3.30. The van der Waals surface area contributed by atoms with E-state index in [0.717, 1.165) is 25.7 Å². The topological polar surface area (TPSA) is 55.8 Å². The number of ether oxygens (including phenoxy) is 2. The third-order valence-corrected chi connectivity index (χ3v) is 3.79. The molecular weight excluding hydrogens is 312 g/mol. The van der Waals surface area contributed by atoms with E-state index in [1.165, 1.54) is 0 Å². The van der Waals surface area contributed by atoms with Crippen LogP contribution >= 0.6 is 15.9 Å². The number of aromatic carboxylic acids is 1. The van der Waals surface area contributed by atoms with Crippen LogP contribution < -0.4 is 4.74 Å². The minimum absolute atomic E-state index is 0.0923. The molecule has 0 bridgehead atoms. The standard InChI is InChI=1S/C14H17BrO4/c1-18-11-3-2-4-12(8-11)19-13-6-9(14(16)17)5-10(15)7-13/h5-7,11-12H,2-4,8H2,1H3,(H,16,17). The third-order valence-electron chi connectivity index (χ3n) is 3.33. The molecule has 5 heteroatoms. The lowest BCUT2D eigenvalue weighted by Crippen LogP contribution is -2.29. The first-order valence-electron chi connectivity index (χ1n) is 6.32. The van der Waals surface area contributed by atoms with Crippen molar-refractivity contribution in [1.29, 1.82) is 0 Å². The molecule has 1 aliphatic rings. The highest BCUT2D eigenvalue weighted by atomic mass is 79.9. The van der Waals surface area contributed by atoms with Crippen LogP contribution in [0.15, 0.2) is 22.7 Å². The molecule has 0 amide bonds. The summed E-state index contributed by atoms with van der Waals surface area (Å²) in [4.78, 5) is 11.0. The number of carbonyl (C=O) groups is 1. The summed E-state index contributed by atoms with van der Waals surface area (Å²) in [6.07, 6.45) is 4.30. The minimum atomic E-state index is -0.954. The van der Waals surface area contributed by atoms with Gasteiger partial charge in [-0.15, -0.1) is 0 Å². The summed E-state index contributed by atoms with van der Waals surface area (Å²) in [5.74, 6) is -0.363. The van der Waals surface area contributed by atoms with Crippen LogP contribution in [0.4, 0.5) is 0 Å². The molecule has 19 heavy (non-hydrogen) atoms. The van der Waals surface area contributed by atoms with E-state index in [1.807, 2.05) is 0 Å². The summed E-state index contributed by atoms with van der Waals surface area (Å²) in [6.45, 7) is 0. The summed E-state index contributed by atoms with van der Waals surface area (Å²) in [7, 11) is 1.72. The smallest absolute Gasteiger partial charge is 0.335 e. The zero-order chi connectivity index (χ0) is 13.8. The molecule has 1 aromatic rings. The molecule has 0 heterocycles. The maximum Gasteiger partial charge on any atom is 0.335 e. The second-order valence-corrected chi connectivity index (χ2v) is 5.66. The number of hydrogen-bond acceptors (Lipinski definition) is 3. The van der Waals surface area contributed by atoms with Gasteiger partial charge in [0.15, 0.2) is 0 Å². The van der Waals surface area contributed by atoms with Crippen molar-refractivity contribution in [3.8, 4) is 5.75 Å². The highest BCUT2D eigenvalue weighted by Crippen LogP contribution is 2.28. The van der Waals surface area contributed by atoms with E-state index in [-0.39, 0.29) is 17.8 Å². The van der Waals surface area contributed by atoms with Crippen LogP contribution in [0.2, 0.25) is 0 Å². The van der Waals surface area contributed by atoms with Gasteiger partial charge in [-0.2, -0.15) is 0 Å². The molecule has 2 unspecified atom stereocenters. The van der Waals surface area contributed by atoms with Crippen LogP contribution in [0.1, 0.15) is 36.0 Å². The van der Waals surface area contributed by atoms with E-state index in [1.54, 1.807) is 25.3 Å². The van der Waals surface area contributed by atoms with Crippen molar-refractivity contribution in [3.63, 3.8) is 0 Å². The maximum atomic E-state index is 11.0. The molecule has 0 spiro atoms. The quantitative estimate of drug-likeness (QED) is 0.919. The lowest BCUT2D eigenvalue weighted by Gasteiger charge is -2.28. The van der Waals surface area contributed by atoms with Crippen molar-refractivity contribution in [2.24, 2.45) is 0 Å². The van der Waals surface area contributed by atoms with Crippen LogP contribution in [0.25, 0.3) is 0 Å². The third kappa shape index (κ3) is 3.94. The Morgan fingerprint density at radius 3 is 2.74 bits per heavy atom. The molecule has 104 valence electrons. The van der Waals surface area contributed by atoms with Gasteiger partial charge in [0.25, 0.3) is 0 Å². The summed E-state index contributed by atoms with van der Waals surface area (Å²) in [5, 5.41) is 9.02. The molecule has 0 radical (unpaired) electrons. The monoisotopic (exact) mass is 328 g/mol. The number of carboxylic acid groups (broad SMARTS) is 1. The fraction of sp³-hybridized carbons (Fsp3) is 0.500.